The molecule has 0 spiro atoms. The Kier molecular flexibility index (Phi) is 5.19. The van der Waals surface area contributed by atoms with E-state index in [1.165, 1.54) is 35.0 Å². The highest BCUT2D eigenvalue weighted by Crippen LogP contribution is 2.29. The Labute approximate surface area is 167 Å². The van der Waals surface area contributed by atoms with E-state index >= 15 is 0 Å². The van der Waals surface area contributed by atoms with E-state index in [1.807, 2.05) is 14.1 Å². The van der Waals surface area contributed by atoms with Gasteiger partial charge in [0.15, 0.2) is 0 Å². The number of nitrogens with zero attached hydrogens (tertiary/aromatic N) is 3. The Morgan fingerprint density at radius 3 is 2.46 bits per heavy atom. The van der Waals surface area contributed by atoms with Gasteiger partial charge in [-0.15, -0.1) is 0 Å². The molecule has 1 aliphatic heterocycles. The summed E-state index contributed by atoms with van der Waals surface area (Å²) >= 11 is 0. The Morgan fingerprint density at radius 1 is 1.00 bits per heavy atom. The maximum absolute atomic E-state index is 4.99. The Bertz CT molecular complexity index is 1090. The first-order chi connectivity index (χ1) is 13.5. The molecule has 0 unspecified atom stereocenters. The van der Waals surface area contributed by atoms with Gasteiger partial charge in [-0.2, -0.15) is 0 Å². The second kappa shape index (κ2) is 7.76. The summed E-state index contributed by atoms with van der Waals surface area (Å²) in [7, 11) is 6.28. The number of aromatic nitrogens is 1. The molecule has 28 heavy (non-hydrogen) atoms. The Hall–Kier alpha value is -2.65. The second-order valence-electron chi connectivity index (χ2n) is 8.23. The van der Waals surface area contributed by atoms with Gasteiger partial charge in [0, 0.05) is 37.3 Å². The summed E-state index contributed by atoms with van der Waals surface area (Å²) in [4.78, 5) is 9.45. The van der Waals surface area contributed by atoms with E-state index in [4.69, 9.17) is 4.98 Å². The molecule has 4 rings (SSSR count). The molecule has 1 aliphatic rings. The molecule has 3 heteroatoms. The van der Waals surface area contributed by atoms with Gasteiger partial charge in [0.1, 0.15) is 0 Å². The van der Waals surface area contributed by atoms with Gasteiger partial charge in [0.05, 0.1) is 5.52 Å². The van der Waals surface area contributed by atoms with Crippen molar-refractivity contribution >= 4 is 23.7 Å². The van der Waals surface area contributed by atoms with Crippen molar-refractivity contribution in [2.45, 2.75) is 18.8 Å². The largest absolute Gasteiger partial charge is 0.383 e. The number of rotatable bonds is 3. The molecule has 0 bridgehead atoms. The zero-order valence-electron chi connectivity index (χ0n) is 17.2. The van der Waals surface area contributed by atoms with E-state index in [0.29, 0.717) is 5.92 Å². The number of hydrogen-bond donors (Lipinski definition) is 0. The molecule has 3 nitrogen and oxygen atoms in total. The maximum Gasteiger partial charge on any atom is 0.0705 e. The zero-order chi connectivity index (χ0) is 19.7. The van der Waals surface area contributed by atoms with E-state index in [2.05, 4.69) is 78.2 Å². The van der Waals surface area contributed by atoms with Gasteiger partial charge in [-0.3, -0.25) is 4.98 Å². The van der Waals surface area contributed by atoms with Crippen LogP contribution in [0.3, 0.4) is 0 Å². The quantitative estimate of drug-likeness (QED) is 0.703. The third-order valence-electron chi connectivity index (χ3n) is 5.72. The van der Waals surface area contributed by atoms with Gasteiger partial charge >= 0.3 is 0 Å². The van der Waals surface area contributed by atoms with Crippen LogP contribution in [-0.2, 0) is 0 Å². The summed E-state index contributed by atoms with van der Waals surface area (Å²) in [6, 6.07) is 17.5. The average Bonchev–Trinajstić information content (AvgIpc) is 2.69. The molecular weight excluding hydrogens is 342 g/mol. The van der Waals surface area contributed by atoms with Crippen molar-refractivity contribution in [1.29, 1.82) is 0 Å². The summed E-state index contributed by atoms with van der Waals surface area (Å²) in [6.07, 6.45) is 4.52. The average molecular weight is 372 g/mol. The fourth-order valence-electron chi connectivity index (χ4n) is 4.03. The van der Waals surface area contributed by atoms with Crippen molar-refractivity contribution in [2.75, 3.05) is 34.2 Å². The highest BCUT2D eigenvalue weighted by atomic mass is 15.1. The minimum absolute atomic E-state index is 0.592. The predicted molar refractivity (Wildman–Crippen MR) is 120 cm³/mol. The molecule has 0 saturated carbocycles. The van der Waals surface area contributed by atoms with E-state index in [9.17, 15) is 0 Å². The molecule has 2 aromatic carbocycles. The van der Waals surface area contributed by atoms with Crippen molar-refractivity contribution in [2.24, 2.45) is 0 Å². The van der Waals surface area contributed by atoms with Gasteiger partial charge in [-0.1, -0.05) is 30.8 Å². The SMILES string of the molecule is C=c1ccc(-c2ccc3nc(C4CCN(C)CC4)ccc3c2)c/c1=C/N(C)C. The first-order valence-electron chi connectivity index (χ1n) is 10.1. The lowest BCUT2D eigenvalue weighted by molar-refractivity contribution is 0.253. The second-order valence-corrected chi connectivity index (χ2v) is 8.23. The number of piperidine rings is 1. The van der Waals surface area contributed by atoms with Crippen LogP contribution in [0.15, 0.2) is 48.5 Å². The minimum atomic E-state index is 0.592. The first-order valence-corrected chi connectivity index (χ1v) is 10.1. The number of pyridine rings is 1. The van der Waals surface area contributed by atoms with Crippen LogP contribution in [0, 0.1) is 0 Å². The minimum Gasteiger partial charge on any atom is -0.383 e. The van der Waals surface area contributed by atoms with Crippen LogP contribution in [-0.4, -0.2) is 49.0 Å². The third-order valence-corrected chi connectivity index (χ3v) is 5.72. The van der Waals surface area contributed by atoms with Crippen LogP contribution in [0.4, 0.5) is 0 Å². The number of hydrogen-bond acceptors (Lipinski definition) is 3. The summed E-state index contributed by atoms with van der Waals surface area (Å²) in [6.45, 7) is 6.48. The van der Waals surface area contributed by atoms with E-state index in [-0.39, 0.29) is 0 Å². The Balaban J connectivity index is 1.67. The molecule has 1 aromatic heterocycles. The molecule has 1 fully saturated rings. The van der Waals surface area contributed by atoms with Crippen molar-refractivity contribution in [3.05, 3.63) is 64.7 Å². The van der Waals surface area contributed by atoms with Gasteiger partial charge in [0.25, 0.3) is 0 Å². The van der Waals surface area contributed by atoms with Crippen LogP contribution >= 0.6 is 0 Å². The van der Waals surface area contributed by atoms with E-state index in [1.54, 1.807) is 0 Å². The van der Waals surface area contributed by atoms with E-state index < -0.39 is 0 Å². The molecular formula is C25H29N3. The number of likely N-dealkylation sites (tertiary alicyclic amines) is 1. The number of benzene rings is 2. The first kappa shape index (κ1) is 18.7. The summed E-state index contributed by atoms with van der Waals surface area (Å²) in [5, 5.41) is 3.40. The van der Waals surface area contributed by atoms with Crippen molar-refractivity contribution in [3.63, 3.8) is 0 Å². The van der Waals surface area contributed by atoms with Gasteiger partial charge in [0.2, 0.25) is 0 Å². The van der Waals surface area contributed by atoms with Gasteiger partial charge < -0.3 is 9.80 Å². The molecule has 0 atom stereocenters. The molecule has 0 aliphatic carbocycles. The predicted octanol–water partition coefficient (Wildman–Crippen LogP) is 3.42. The van der Waals surface area contributed by atoms with Crippen LogP contribution in [0.2, 0.25) is 0 Å². The highest BCUT2D eigenvalue weighted by Gasteiger charge is 2.19. The van der Waals surface area contributed by atoms with Crippen LogP contribution < -0.4 is 10.4 Å². The molecule has 0 N–H and O–H groups in total. The Morgan fingerprint density at radius 2 is 1.71 bits per heavy atom. The molecule has 3 aromatic rings. The molecule has 2 heterocycles. The van der Waals surface area contributed by atoms with Crippen molar-refractivity contribution in [3.8, 4) is 11.1 Å². The lowest BCUT2D eigenvalue weighted by Crippen LogP contribution is -2.29. The van der Waals surface area contributed by atoms with Crippen molar-refractivity contribution in [1.82, 2.24) is 14.8 Å². The van der Waals surface area contributed by atoms with Gasteiger partial charge in [-0.25, -0.2) is 0 Å². The molecule has 0 radical (unpaired) electrons. The third kappa shape index (κ3) is 3.95. The van der Waals surface area contributed by atoms with Crippen LogP contribution in [0.5, 0.6) is 0 Å². The lowest BCUT2D eigenvalue weighted by atomic mass is 9.92. The molecule has 1 saturated heterocycles. The lowest BCUT2D eigenvalue weighted by Gasteiger charge is -2.28. The van der Waals surface area contributed by atoms with Gasteiger partial charge in [-0.05, 0) is 78.8 Å². The molecule has 0 amide bonds. The van der Waals surface area contributed by atoms with Crippen molar-refractivity contribution < 1.29 is 0 Å². The summed E-state index contributed by atoms with van der Waals surface area (Å²) < 4.78 is 0. The standard InChI is InChI=1S/C25H29N3/c1-18-5-6-20(16-23(18)17-27(2)3)21-7-9-25-22(15-21)8-10-24(26-25)19-11-13-28(4)14-12-19/h5-10,15-17,19H,1,11-14H2,2-4H3/b23-17-. The van der Waals surface area contributed by atoms with Crippen LogP contribution in [0.1, 0.15) is 24.5 Å². The topological polar surface area (TPSA) is 19.4 Å². The smallest absolute Gasteiger partial charge is 0.0705 e. The fraction of sp³-hybridized carbons (Fsp3) is 0.320. The normalized spacial score (nSPS) is 16.6. The molecule has 144 valence electrons. The summed E-state index contributed by atoms with van der Waals surface area (Å²) in [5.41, 5.74) is 4.77. The number of fused-ring (bicyclic) bond motifs is 1. The van der Waals surface area contributed by atoms with E-state index in [0.717, 1.165) is 29.0 Å². The monoisotopic (exact) mass is 371 g/mol. The fourth-order valence-corrected chi connectivity index (χ4v) is 4.03. The zero-order valence-corrected chi connectivity index (χ0v) is 17.2. The highest BCUT2D eigenvalue weighted by molar-refractivity contribution is 5.84. The van der Waals surface area contributed by atoms with Crippen LogP contribution in [0.25, 0.3) is 34.8 Å². The maximum atomic E-state index is 4.99. The summed E-state index contributed by atoms with van der Waals surface area (Å²) in [5.74, 6) is 0.592.